The zero-order chi connectivity index (χ0) is 22.0. The monoisotopic (exact) mass is 443 g/mol. The highest BCUT2D eigenvalue weighted by Gasteiger charge is 2.35. The minimum absolute atomic E-state index is 0.132. The number of benzene rings is 2. The summed E-state index contributed by atoms with van der Waals surface area (Å²) in [4.78, 5) is 24.3. The minimum atomic E-state index is -3.81. The highest BCUT2D eigenvalue weighted by Crippen LogP contribution is 2.35. The highest BCUT2D eigenvalue weighted by molar-refractivity contribution is 7.89. The molecule has 1 saturated heterocycles. The quantitative estimate of drug-likeness (QED) is 0.736. The summed E-state index contributed by atoms with van der Waals surface area (Å²) in [5.41, 5.74) is 1.97. The lowest BCUT2D eigenvalue weighted by Crippen LogP contribution is -2.45. The third-order valence-corrected chi connectivity index (χ3v) is 7.60. The van der Waals surface area contributed by atoms with Crippen LogP contribution in [0, 0.1) is 12.8 Å². The summed E-state index contributed by atoms with van der Waals surface area (Å²) in [6, 6.07) is 12.7. The fourth-order valence-corrected chi connectivity index (χ4v) is 5.68. The van der Waals surface area contributed by atoms with E-state index in [1.54, 1.807) is 13.0 Å². The van der Waals surface area contributed by atoms with Gasteiger partial charge in [-0.05, 0) is 37.0 Å². The number of anilines is 1. The van der Waals surface area contributed by atoms with Crippen LogP contribution in [0.25, 0.3) is 0 Å². The number of fused-ring (bicyclic) bond motifs is 1. The van der Waals surface area contributed by atoms with E-state index >= 15 is 0 Å². The fraction of sp³-hybridized carbons (Fsp3) is 0.364. The Balaban J connectivity index is 1.48. The van der Waals surface area contributed by atoms with Crippen molar-refractivity contribution in [2.75, 3.05) is 25.0 Å². The second kappa shape index (κ2) is 8.68. The molecule has 0 saturated carbocycles. The van der Waals surface area contributed by atoms with Gasteiger partial charge in [0.1, 0.15) is 5.75 Å². The second-order valence-corrected chi connectivity index (χ2v) is 9.76. The number of hydrogen-bond donors (Lipinski definition) is 2. The van der Waals surface area contributed by atoms with Gasteiger partial charge in [-0.15, -0.1) is 0 Å². The normalized spacial score (nSPS) is 19.1. The summed E-state index contributed by atoms with van der Waals surface area (Å²) in [6.07, 6.45) is 1.25. The van der Waals surface area contributed by atoms with Crippen LogP contribution in [-0.2, 0) is 26.2 Å². The lowest BCUT2D eigenvalue weighted by molar-refractivity contribution is -0.126. The van der Waals surface area contributed by atoms with E-state index in [0.717, 1.165) is 5.56 Å². The molecule has 2 aromatic rings. The Morgan fingerprint density at radius 2 is 2.03 bits per heavy atom. The molecule has 1 fully saturated rings. The molecular formula is C22H25N3O5S. The zero-order valence-corrected chi connectivity index (χ0v) is 18.1. The van der Waals surface area contributed by atoms with Gasteiger partial charge in [-0.1, -0.05) is 30.3 Å². The molecule has 2 aromatic carbocycles. The summed E-state index contributed by atoms with van der Waals surface area (Å²) in [7, 11) is -3.81. The number of rotatable bonds is 5. The molecule has 0 aliphatic carbocycles. The van der Waals surface area contributed by atoms with E-state index in [1.165, 1.54) is 10.4 Å². The van der Waals surface area contributed by atoms with Crippen molar-refractivity contribution >= 4 is 27.5 Å². The molecular weight excluding hydrogens is 418 g/mol. The molecule has 0 bridgehead atoms. The van der Waals surface area contributed by atoms with E-state index in [2.05, 4.69) is 10.6 Å². The molecule has 1 atom stereocenters. The topological polar surface area (TPSA) is 105 Å². The number of carbonyl (C=O) groups excluding carboxylic acids is 2. The molecule has 2 heterocycles. The Kier molecular flexibility index (Phi) is 5.97. The molecule has 164 valence electrons. The van der Waals surface area contributed by atoms with Crippen LogP contribution in [0.2, 0.25) is 0 Å². The molecule has 31 heavy (non-hydrogen) atoms. The smallest absolute Gasteiger partial charge is 0.262 e. The first-order chi connectivity index (χ1) is 14.8. The first kappa shape index (κ1) is 21.3. The predicted molar refractivity (Wildman–Crippen MR) is 115 cm³/mol. The molecule has 9 heteroatoms. The van der Waals surface area contributed by atoms with Crippen molar-refractivity contribution in [2.24, 2.45) is 5.92 Å². The van der Waals surface area contributed by atoms with Gasteiger partial charge in [0.15, 0.2) is 6.61 Å². The number of nitrogens with one attached hydrogen (secondary N) is 2. The maximum Gasteiger partial charge on any atom is 0.262 e. The van der Waals surface area contributed by atoms with Crippen LogP contribution >= 0.6 is 0 Å². The number of ether oxygens (including phenoxy) is 1. The third-order valence-electron chi connectivity index (χ3n) is 5.59. The van der Waals surface area contributed by atoms with Gasteiger partial charge in [0.05, 0.1) is 16.5 Å². The second-order valence-electron chi connectivity index (χ2n) is 7.86. The van der Waals surface area contributed by atoms with Gasteiger partial charge in [0, 0.05) is 25.7 Å². The van der Waals surface area contributed by atoms with Crippen molar-refractivity contribution in [3.05, 3.63) is 53.6 Å². The molecule has 0 aromatic heterocycles. The van der Waals surface area contributed by atoms with Gasteiger partial charge >= 0.3 is 0 Å². The maximum absolute atomic E-state index is 13.4. The van der Waals surface area contributed by atoms with Gasteiger partial charge in [-0.3, -0.25) is 9.59 Å². The predicted octanol–water partition coefficient (Wildman–Crippen LogP) is 2.04. The van der Waals surface area contributed by atoms with Crippen LogP contribution in [0.5, 0.6) is 5.75 Å². The zero-order valence-electron chi connectivity index (χ0n) is 17.3. The van der Waals surface area contributed by atoms with E-state index in [0.29, 0.717) is 42.9 Å². The summed E-state index contributed by atoms with van der Waals surface area (Å²) in [5.74, 6) is -0.487. The highest BCUT2D eigenvalue weighted by atomic mass is 32.2. The van der Waals surface area contributed by atoms with Crippen LogP contribution in [0.1, 0.15) is 24.0 Å². The van der Waals surface area contributed by atoms with Gasteiger partial charge < -0.3 is 15.4 Å². The summed E-state index contributed by atoms with van der Waals surface area (Å²) in [5, 5.41) is 5.60. The van der Waals surface area contributed by atoms with Crippen molar-refractivity contribution in [1.82, 2.24) is 9.62 Å². The van der Waals surface area contributed by atoms with Gasteiger partial charge in [0.25, 0.3) is 5.91 Å². The van der Waals surface area contributed by atoms with Crippen LogP contribution in [0.15, 0.2) is 47.4 Å². The van der Waals surface area contributed by atoms with Gasteiger partial charge in [-0.25, -0.2) is 8.42 Å². The maximum atomic E-state index is 13.4. The number of nitrogens with zero attached hydrogens (tertiary/aromatic N) is 1. The average molecular weight is 444 g/mol. The summed E-state index contributed by atoms with van der Waals surface area (Å²) in [6.45, 7) is 2.44. The van der Waals surface area contributed by atoms with E-state index < -0.39 is 15.9 Å². The molecule has 8 nitrogen and oxygen atoms in total. The van der Waals surface area contributed by atoms with E-state index in [-0.39, 0.29) is 29.9 Å². The Labute approximate surface area is 181 Å². The molecule has 2 aliphatic rings. The molecule has 0 radical (unpaired) electrons. The van der Waals surface area contributed by atoms with Crippen LogP contribution in [0.4, 0.5) is 5.69 Å². The average Bonchev–Trinajstić information content (AvgIpc) is 2.77. The number of hydrogen-bond acceptors (Lipinski definition) is 5. The van der Waals surface area contributed by atoms with E-state index in [4.69, 9.17) is 4.74 Å². The third kappa shape index (κ3) is 4.57. The van der Waals surface area contributed by atoms with Crippen molar-refractivity contribution in [1.29, 1.82) is 0 Å². The van der Waals surface area contributed by atoms with Crippen LogP contribution in [0.3, 0.4) is 0 Å². The first-order valence-corrected chi connectivity index (χ1v) is 11.7. The summed E-state index contributed by atoms with van der Waals surface area (Å²) >= 11 is 0. The van der Waals surface area contributed by atoms with Crippen molar-refractivity contribution in [3.8, 4) is 5.75 Å². The van der Waals surface area contributed by atoms with Crippen molar-refractivity contribution < 1.29 is 22.7 Å². The molecule has 2 N–H and O–H groups in total. The largest absolute Gasteiger partial charge is 0.482 e. The molecule has 0 unspecified atom stereocenters. The lowest BCUT2D eigenvalue weighted by Gasteiger charge is -2.32. The number of sulfonamides is 1. The van der Waals surface area contributed by atoms with Gasteiger partial charge in [-0.2, -0.15) is 4.31 Å². The number of piperidine rings is 1. The van der Waals surface area contributed by atoms with E-state index in [9.17, 15) is 18.0 Å². The minimum Gasteiger partial charge on any atom is -0.482 e. The Morgan fingerprint density at radius 1 is 1.26 bits per heavy atom. The lowest BCUT2D eigenvalue weighted by atomic mass is 9.99. The SMILES string of the molecule is Cc1cc2c(cc1S(=O)(=O)N1CCC[C@@H](C(=O)NCc3ccccc3)C1)OCC(=O)N2. The standard InChI is InChI=1S/C22H25N3O5S/c1-15-10-18-19(30-14-21(26)24-18)11-20(15)31(28,29)25-9-5-8-17(13-25)22(27)23-12-16-6-3-2-4-7-16/h2-4,6-7,10-11,17H,5,8-9,12-14H2,1H3,(H,23,27)(H,24,26)/t17-/m1/s1. The van der Waals surface area contributed by atoms with Gasteiger partial charge in [0.2, 0.25) is 15.9 Å². The van der Waals surface area contributed by atoms with Crippen LogP contribution < -0.4 is 15.4 Å². The van der Waals surface area contributed by atoms with Crippen molar-refractivity contribution in [2.45, 2.75) is 31.2 Å². The molecule has 2 aliphatic heterocycles. The summed E-state index contributed by atoms with van der Waals surface area (Å²) < 4.78 is 33.5. The first-order valence-electron chi connectivity index (χ1n) is 10.2. The molecule has 4 rings (SSSR count). The Hall–Kier alpha value is -2.91. The Morgan fingerprint density at radius 3 is 2.81 bits per heavy atom. The van der Waals surface area contributed by atoms with E-state index in [1.807, 2.05) is 30.3 Å². The molecule has 2 amide bonds. The molecule has 0 spiro atoms. The van der Waals surface area contributed by atoms with Crippen LogP contribution in [-0.4, -0.2) is 44.2 Å². The fourth-order valence-electron chi connectivity index (χ4n) is 3.94. The van der Waals surface area contributed by atoms with Crippen molar-refractivity contribution in [3.63, 3.8) is 0 Å². The Bertz CT molecular complexity index is 1100. The number of carbonyl (C=O) groups is 2. The number of aryl methyl sites for hydroxylation is 1. The number of amides is 2.